The summed E-state index contributed by atoms with van der Waals surface area (Å²) in [6.45, 7) is 1.73. The number of Topliss-reactive ketones (excluding diaryl/α,β-unsaturated/α-hetero) is 1. The molecule has 1 aromatic rings. The fourth-order valence-corrected chi connectivity index (χ4v) is 1.63. The first kappa shape index (κ1) is 11.9. The lowest BCUT2D eigenvalue weighted by atomic mass is 10.1. The van der Waals surface area contributed by atoms with Gasteiger partial charge in [-0.25, -0.2) is 4.39 Å². The highest BCUT2D eigenvalue weighted by molar-refractivity contribution is 9.10. The number of rotatable bonds is 3. The van der Waals surface area contributed by atoms with Crippen LogP contribution in [-0.2, 0) is 0 Å². The van der Waals surface area contributed by atoms with Gasteiger partial charge < -0.3 is 0 Å². The van der Waals surface area contributed by atoms with Crippen LogP contribution in [0.2, 0.25) is 0 Å². The molecule has 1 nitrogen and oxygen atoms in total. The second kappa shape index (κ2) is 5.67. The SMILES string of the molecule is CC#CCCC(=O)c1cc(F)cc(Br)c1. The topological polar surface area (TPSA) is 17.1 Å². The van der Waals surface area contributed by atoms with E-state index < -0.39 is 5.82 Å². The van der Waals surface area contributed by atoms with Crippen molar-refractivity contribution >= 4 is 21.7 Å². The molecule has 0 radical (unpaired) electrons. The second-order valence-electron chi connectivity index (χ2n) is 3.01. The van der Waals surface area contributed by atoms with Crippen LogP contribution in [0.4, 0.5) is 4.39 Å². The summed E-state index contributed by atoms with van der Waals surface area (Å²) in [6.07, 6.45) is 0.847. The predicted molar refractivity (Wildman–Crippen MR) is 61.1 cm³/mol. The van der Waals surface area contributed by atoms with Crippen LogP contribution in [0.1, 0.15) is 30.1 Å². The third-order valence-corrected chi connectivity index (χ3v) is 2.30. The van der Waals surface area contributed by atoms with Gasteiger partial charge in [-0.3, -0.25) is 4.79 Å². The zero-order valence-electron chi connectivity index (χ0n) is 8.31. The third-order valence-electron chi connectivity index (χ3n) is 1.84. The first-order valence-corrected chi connectivity index (χ1v) is 5.31. The Kier molecular flexibility index (Phi) is 4.51. The van der Waals surface area contributed by atoms with Gasteiger partial charge in [0.05, 0.1) is 0 Å². The van der Waals surface area contributed by atoms with Crippen LogP contribution in [0.5, 0.6) is 0 Å². The molecule has 0 heterocycles. The summed E-state index contributed by atoms with van der Waals surface area (Å²) >= 11 is 3.14. The molecule has 0 saturated heterocycles. The molecule has 0 unspecified atom stereocenters. The Bertz CT molecular complexity index is 409. The van der Waals surface area contributed by atoms with Gasteiger partial charge in [0.15, 0.2) is 5.78 Å². The molecule has 0 aliphatic carbocycles. The number of hydrogen-bond acceptors (Lipinski definition) is 1. The lowest BCUT2D eigenvalue weighted by molar-refractivity contribution is 0.0984. The van der Waals surface area contributed by atoms with Crippen molar-refractivity contribution in [2.24, 2.45) is 0 Å². The van der Waals surface area contributed by atoms with E-state index in [0.717, 1.165) is 0 Å². The van der Waals surface area contributed by atoms with Gasteiger partial charge in [0.2, 0.25) is 0 Å². The summed E-state index contributed by atoms with van der Waals surface area (Å²) in [5.41, 5.74) is 0.389. The van der Waals surface area contributed by atoms with E-state index in [4.69, 9.17) is 0 Å². The molecule has 0 spiro atoms. The maximum Gasteiger partial charge on any atom is 0.163 e. The van der Waals surface area contributed by atoms with Crippen LogP contribution in [0.3, 0.4) is 0 Å². The molecule has 0 atom stereocenters. The van der Waals surface area contributed by atoms with Crippen molar-refractivity contribution in [2.75, 3.05) is 0 Å². The van der Waals surface area contributed by atoms with Crippen molar-refractivity contribution in [1.82, 2.24) is 0 Å². The van der Waals surface area contributed by atoms with Crippen LogP contribution in [-0.4, -0.2) is 5.78 Å². The molecule has 1 aromatic carbocycles. The summed E-state index contributed by atoms with van der Waals surface area (Å²) in [7, 11) is 0. The second-order valence-corrected chi connectivity index (χ2v) is 3.92. The highest BCUT2D eigenvalue weighted by Crippen LogP contribution is 2.16. The molecular formula is C12H10BrFO. The van der Waals surface area contributed by atoms with Crippen LogP contribution in [0.15, 0.2) is 22.7 Å². The maximum atomic E-state index is 13.0. The van der Waals surface area contributed by atoms with E-state index in [1.165, 1.54) is 12.1 Å². The smallest absolute Gasteiger partial charge is 0.163 e. The van der Waals surface area contributed by atoms with E-state index in [2.05, 4.69) is 27.8 Å². The minimum atomic E-state index is -0.408. The van der Waals surface area contributed by atoms with Crippen molar-refractivity contribution in [3.8, 4) is 11.8 Å². The minimum absolute atomic E-state index is 0.0852. The monoisotopic (exact) mass is 268 g/mol. The Morgan fingerprint density at radius 1 is 1.47 bits per heavy atom. The van der Waals surface area contributed by atoms with Crippen LogP contribution in [0, 0.1) is 17.7 Å². The minimum Gasteiger partial charge on any atom is -0.294 e. The molecule has 3 heteroatoms. The highest BCUT2D eigenvalue weighted by atomic mass is 79.9. The molecule has 0 fully saturated rings. The van der Waals surface area contributed by atoms with Gasteiger partial charge in [-0.1, -0.05) is 15.9 Å². The van der Waals surface area contributed by atoms with Gasteiger partial charge in [-0.15, -0.1) is 11.8 Å². The zero-order valence-corrected chi connectivity index (χ0v) is 9.90. The summed E-state index contributed by atoms with van der Waals surface area (Å²) in [5.74, 6) is 5.02. The van der Waals surface area contributed by atoms with E-state index >= 15 is 0 Å². The van der Waals surface area contributed by atoms with Crippen molar-refractivity contribution in [2.45, 2.75) is 19.8 Å². The number of halogens is 2. The summed E-state index contributed by atoms with van der Waals surface area (Å²) in [5, 5.41) is 0. The quantitative estimate of drug-likeness (QED) is 0.605. The molecule has 0 aliphatic heterocycles. The lowest BCUT2D eigenvalue weighted by Gasteiger charge is -2.00. The van der Waals surface area contributed by atoms with Crippen molar-refractivity contribution in [3.63, 3.8) is 0 Å². The molecular weight excluding hydrogens is 259 g/mol. The van der Waals surface area contributed by atoms with Crippen LogP contribution in [0.25, 0.3) is 0 Å². The Hall–Kier alpha value is -1.14. The fraction of sp³-hybridized carbons (Fsp3) is 0.250. The Labute approximate surface area is 96.8 Å². The number of benzene rings is 1. The number of ketones is 1. The molecule has 15 heavy (non-hydrogen) atoms. The summed E-state index contributed by atoms with van der Waals surface area (Å²) < 4.78 is 13.5. The predicted octanol–water partition coefficient (Wildman–Crippen LogP) is 3.57. The third kappa shape index (κ3) is 3.85. The van der Waals surface area contributed by atoms with Gasteiger partial charge in [0.1, 0.15) is 5.82 Å². The number of carbonyl (C=O) groups is 1. The normalized spacial score (nSPS) is 9.27. The molecule has 0 bridgehead atoms. The van der Waals surface area contributed by atoms with Crippen molar-refractivity contribution in [3.05, 3.63) is 34.1 Å². The Morgan fingerprint density at radius 3 is 2.80 bits per heavy atom. The molecule has 0 saturated carbocycles. The van der Waals surface area contributed by atoms with Crippen molar-refractivity contribution in [1.29, 1.82) is 0 Å². The fourth-order valence-electron chi connectivity index (χ4n) is 1.16. The van der Waals surface area contributed by atoms with E-state index in [1.54, 1.807) is 13.0 Å². The molecule has 0 aliphatic rings. The summed E-state index contributed by atoms with van der Waals surface area (Å²) in [6, 6.07) is 4.18. The lowest BCUT2D eigenvalue weighted by Crippen LogP contribution is -1.99. The largest absolute Gasteiger partial charge is 0.294 e. The molecule has 1 rings (SSSR count). The molecule has 0 amide bonds. The average molecular weight is 269 g/mol. The summed E-state index contributed by atoms with van der Waals surface area (Å²) in [4.78, 5) is 11.6. The van der Waals surface area contributed by atoms with Gasteiger partial charge in [0.25, 0.3) is 0 Å². The van der Waals surface area contributed by atoms with E-state index in [-0.39, 0.29) is 5.78 Å². The Balaban J connectivity index is 2.76. The van der Waals surface area contributed by atoms with Gasteiger partial charge in [0, 0.05) is 22.9 Å². The molecule has 0 aromatic heterocycles. The first-order chi connectivity index (χ1) is 7.13. The molecule has 78 valence electrons. The van der Waals surface area contributed by atoms with E-state index in [9.17, 15) is 9.18 Å². The molecule has 0 N–H and O–H groups in total. The van der Waals surface area contributed by atoms with Gasteiger partial charge in [-0.2, -0.15) is 0 Å². The first-order valence-electron chi connectivity index (χ1n) is 4.52. The number of carbonyl (C=O) groups excluding carboxylic acids is 1. The van der Waals surface area contributed by atoms with Crippen molar-refractivity contribution < 1.29 is 9.18 Å². The average Bonchev–Trinajstić information content (AvgIpc) is 2.16. The Morgan fingerprint density at radius 2 is 2.20 bits per heavy atom. The van der Waals surface area contributed by atoms with Gasteiger partial charge >= 0.3 is 0 Å². The highest BCUT2D eigenvalue weighted by Gasteiger charge is 2.07. The number of hydrogen-bond donors (Lipinski definition) is 0. The van der Waals surface area contributed by atoms with E-state index in [0.29, 0.717) is 22.9 Å². The zero-order chi connectivity index (χ0) is 11.3. The van der Waals surface area contributed by atoms with E-state index in [1.807, 2.05) is 0 Å². The van der Waals surface area contributed by atoms with Crippen LogP contribution < -0.4 is 0 Å². The maximum absolute atomic E-state index is 13.0. The standard InChI is InChI=1S/C12H10BrFO/c1-2-3-4-5-12(15)9-6-10(13)8-11(14)7-9/h6-8H,4-5H2,1H3. The van der Waals surface area contributed by atoms with Crippen LogP contribution >= 0.6 is 15.9 Å². The van der Waals surface area contributed by atoms with Gasteiger partial charge in [-0.05, 0) is 25.1 Å².